The number of nitrogen functional groups attached to an aromatic ring is 1. The summed E-state index contributed by atoms with van der Waals surface area (Å²) in [5.41, 5.74) is 10.6. The van der Waals surface area contributed by atoms with Crippen LogP contribution >= 0.6 is 45.9 Å². The summed E-state index contributed by atoms with van der Waals surface area (Å²) in [5, 5.41) is 11.8. The molecule has 0 amide bonds. The van der Waals surface area contributed by atoms with Crippen LogP contribution < -0.4 is 11.1 Å². The van der Waals surface area contributed by atoms with Crippen molar-refractivity contribution in [2.45, 2.75) is 19.8 Å². The van der Waals surface area contributed by atoms with Gasteiger partial charge in [-0.15, -0.1) is 11.3 Å². The van der Waals surface area contributed by atoms with E-state index in [1.54, 1.807) is 12.1 Å². The highest BCUT2D eigenvalue weighted by atomic mass is 35.5. The lowest BCUT2D eigenvalue weighted by molar-refractivity contribution is 0.434. The number of halogens is 2. The van der Waals surface area contributed by atoms with Gasteiger partial charge in [0, 0.05) is 22.7 Å². The summed E-state index contributed by atoms with van der Waals surface area (Å²) in [5.74, 6) is 1.47. The predicted molar refractivity (Wildman–Crippen MR) is 142 cm³/mol. The Hall–Kier alpha value is -2.91. The molecule has 0 spiro atoms. The van der Waals surface area contributed by atoms with Crippen LogP contribution in [0.15, 0.2) is 58.4 Å². The Labute approximate surface area is 214 Å². The van der Waals surface area contributed by atoms with E-state index in [4.69, 9.17) is 38.4 Å². The van der Waals surface area contributed by atoms with E-state index in [1.807, 2.05) is 29.6 Å². The van der Waals surface area contributed by atoms with E-state index in [0.29, 0.717) is 44.1 Å². The van der Waals surface area contributed by atoms with Crippen LogP contribution in [-0.2, 0) is 0 Å². The normalized spacial score (nSPS) is 11.3. The molecule has 0 radical (unpaired) electrons. The van der Waals surface area contributed by atoms with Gasteiger partial charge in [0.25, 0.3) is 0 Å². The Morgan fingerprint density at radius 3 is 2.50 bits per heavy atom. The highest BCUT2D eigenvalue weighted by Crippen LogP contribution is 2.39. The molecule has 0 aliphatic rings. The van der Waals surface area contributed by atoms with Gasteiger partial charge in [0.05, 0.1) is 10.0 Å². The van der Waals surface area contributed by atoms with Gasteiger partial charge in [0.2, 0.25) is 0 Å². The molecule has 0 aliphatic carbocycles. The van der Waals surface area contributed by atoms with Gasteiger partial charge in [-0.1, -0.05) is 71.7 Å². The lowest BCUT2D eigenvalue weighted by Gasteiger charge is -2.07. The average Bonchev–Trinajstić information content (AvgIpc) is 3.55. The number of nitrogens with two attached hydrogens (primary N) is 1. The number of benzene rings is 2. The van der Waals surface area contributed by atoms with E-state index < -0.39 is 0 Å². The zero-order valence-electron chi connectivity index (χ0n) is 18.2. The van der Waals surface area contributed by atoms with Crippen LogP contribution in [-0.4, -0.2) is 15.1 Å². The molecule has 0 aliphatic heterocycles. The Kier molecular flexibility index (Phi) is 6.31. The van der Waals surface area contributed by atoms with Crippen molar-refractivity contribution < 1.29 is 4.52 Å². The molecule has 6 nitrogen and oxygen atoms in total. The maximum Gasteiger partial charge on any atom is 0.189 e. The van der Waals surface area contributed by atoms with Crippen molar-refractivity contribution in [2.24, 2.45) is 0 Å². The summed E-state index contributed by atoms with van der Waals surface area (Å²) >= 11 is 15.1. The van der Waals surface area contributed by atoms with Crippen molar-refractivity contribution in [3.8, 4) is 32.6 Å². The van der Waals surface area contributed by atoms with E-state index in [2.05, 4.69) is 41.4 Å². The maximum atomic E-state index is 6.21. The van der Waals surface area contributed by atoms with Crippen molar-refractivity contribution in [1.29, 1.82) is 0 Å². The molecule has 3 heterocycles. The van der Waals surface area contributed by atoms with Crippen molar-refractivity contribution in [3.63, 3.8) is 0 Å². The first kappa shape index (κ1) is 22.9. The second-order valence-corrected chi connectivity index (χ2v) is 10.5. The maximum absolute atomic E-state index is 6.21. The second-order valence-electron chi connectivity index (χ2n) is 7.88. The summed E-state index contributed by atoms with van der Waals surface area (Å²) < 4.78 is 5.53. The molecule has 0 atom stereocenters. The van der Waals surface area contributed by atoms with Crippen LogP contribution in [0.3, 0.4) is 0 Å². The Bertz CT molecular complexity index is 1460. The Balaban J connectivity index is 1.35. The molecule has 5 rings (SSSR count). The average molecular weight is 528 g/mol. The third-order valence-electron chi connectivity index (χ3n) is 5.16. The summed E-state index contributed by atoms with van der Waals surface area (Å²) in [6.07, 6.45) is 0. The van der Waals surface area contributed by atoms with Gasteiger partial charge in [-0.05, 0) is 35.7 Å². The monoisotopic (exact) mass is 527 g/mol. The summed E-state index contributed by atoms with van der Waals surface area (Å²) in [6.45, 7) is 4.34. The third-order valence-corrected chi connectivity index (χ3v) is 7.88. The van der Waals surface area contributed by atoms with Crippen molar-refractivity contribution >= 4 is 62.5 Å². The lowest BCUT2D eigenvalue weighted by atomic mass is 10.0. The number of rotatable bonds is 6. The molecular weight excluding hydrogens is 509 g/mol. The van der Waals surface area contributed by atoms with Gasteiger partial charge in [-0.2, -0.15) is 0 Å². The lowest BCUT2D eigenvalue weighted by Crippen LogP contribution is -1.92. The zero-order valence-corrected chi connectivity index (χ0v) is 21.3. The molecule has 0 saturated heterocycles. The molecule has 0 saturated carbocycles. The van der Waals surface area contributed by atoms with Crippen LogP contribution in [0.2, 0.25) is 10.0 Å². The van der Waals surface area contributed by atoms with Gasteiger partial charge < -0.3 is 15.6 Å². The molecule has 5 aromatic rings. The largest absolute Gasteiger partial charge is 0.382 e. The quantitative estimate of drug-likeness (QED) is 0.230. The standard InChI is InChI=1S/C24H19Cl2N5OS2/c1-12(2)13-3-6-15(7-4-13)28-24-30-22(27)21(34-24)23-29-19(11-33-23)20-10-18(31-32-20)14-5-8-16(25)17(26)9-14/h3-12H,27H2,1-2H3,(H,28,30). The van der Waals surface area contributed by atoms with Crippen LogP contribution in [0.4, 0.5) is 16.6 Å². The molecule has 2 aromatic carbocycles. The van der Waals surface area contributed by atoms with Gasteiger partial charge >= 0.3 is 0 Å². The van der Waals surface area contributed by atoms with Crippen molar-refractivity contribution in [2.75, 3.05) is 11.1 Å². The molecule has 0 bridgehead atoms. The number of hydrogen-bond acceptors (Lipinski definition) is 8. The smallest absolute Gasteiger partial charge is 0.189 e. The molecule has 0 unspecified atom stereocenters. The zero-order chi connectivity index (χ0) is 23.8. The van der Waals surface area contributed by atoms with Gasteiger partial charge in [-0.25, -0.2) is 9.97 Å². The van der Waals surface area contributed by atoms with Crippen LogP contribution in [0, 0.1) is 0 Å². The summed E-state index contributed by atoms with van der Waals surface area (Å²) in [6, 6.07) is 15.5. The molecule has 3 N–H and O–H groups in total. The fourth-order valence-corrected chi connectivity index (χ4v) is 5.40. The number of thiazole rings is 2. The number of hydrogen-bond donors (Lipinski definition) is 2. The predicted octanol–water partition coefficient (Wildman–Crippen LogP) is 8.34. The molecule has 172 valence electrons. The highest BCUT2D eigenvalue weighted by Gasteiger charge is 2.18. The fraction of sp³-hybridized carbons (Fsp3) is 0.125. The van der Waals surface area contributed by atoms with E-state index in [9.17, 15) is 0 Å². The number of nitrogens with zero attached hydrogens (tertiary/aromatic N) is 3. The van der Waals surface area contributed by atoms with Gasteiger partial charge in [0.1, 0.15) is 27.1 Å². The molecular formula is C24H19Cl2N5OS2. The van der Waals surface area contributed by atoms with E-state index in [-0.39, 0.29) is 0 Å². The highest BCUT2D eigenvalue weighted by molar-refractivity contribution is 7.23. The first-order valence-electron chi connectivity index (χ1n) is 10.4. The SMILES string of the molecule is CC(C)c1ccc(Nc2nc(N)c(-c3nc(-c4cc(-c5ccc(Cl)c(Cl)c5)no4)cs3)s2)cc1. The van der Waals surface area contributed by atoms with Crippen LogP contribution in [0.5, 0.6) is 0 Å². The van der Waals surface area contributed by atoms with Crippen molar-refractivity contribution in [3.05, 3.63) is 69.5 Å². The minimum atomic E-state index is 0.432. The summed E-state index contributed by atoms with van der Waals surface area (Å²) in [7, 11) is 0. The third kappa shape index (κ3) is 4.67. The topological polar surface area (TPSA) is 89.9 Å². The van der Waals surface area contributed by atoms with Crippen LogP contribution in [0.25, 0.3) is 32.6 Å². The molecule has 34 heavy (non-hydrogen) atoms. The Morgan fingerprint density at radius 1 is 0.971 bits per heavy atom. The number of aromatic nitrogens is 3. The van der Waals surface area contributed by atoms with Gasteiger partial charge in [-0.3, -0.25) is 0 Å². The number of nitrogens with one attached hydrogen (secondary N) is 1. The Morgan fingerprint density at radius 2 is 1.76 bits per heavy atom. The molecule has 3 aromatic heterocycles. The number of anilines is 3. The van der Waals surface area contributed by atoms with E-state index in [0.717, 1.165) is 21.1 Å². The van der Waals surface area contributed by atoms with Gasteiger partial charge in [0.15, 0.2) is 10.9 Å². The first-order valence-corrected chi connectivity index (χ1v) is 12.8. The molecule has 0 fully saturated rings. The fourth-order valence-electron chi connectivity index (χ4n) is 3.29. The first-order chi connectivity index (χ1) is 16.4. The second kappa shape index (κ2) is 9.38. The summed E-state index contributed by atoms with van der Waals surface area (Å²) in [4.78, 5) is 9.98. The minimum absolute atomic E-state index is 0.432. The molecule has 10 heteroatoms. The van der Waals surface area contributed by atoms with E-state index >= 15 is 0 Å². The van der Waals surface area contributed by atoms with Crippen molar-refractivity contribution in [1.82, 2.24) is 15.1 Å². The minimum Gasteiger partial charge on any atom is -0.382 e. The van der Waals surface area contributed by atoms with E-state index in [1.165, 1.54) is 28.2 Å². The van der Waals surface area contributed by atoms with Crippen LogP contribution in [0.1, 0.15) is 25.3 Å².